The highest BCUT2D eigenvalue weighted by Gasteiger charge is 2.29. The summed E-state index contributed by atoms with van der Waals surface area (Å²) in [7, 11) is 0. The second-order valence-corrected chi connectivity index (χ2v) is 4.73. The fraction of sp³-hybridized carbons (Fsp3) is 0.917. The summed E-state index contributed by atoms with van der Waals surface area (Å²) in [4.78, 5) is 10.2. The van der Waals surface area contributed by atoms with Crippen LogP contribution in [0.15, 0.2) is 0 Å². The van der Waals surface area contributed by atoms with Crippen LogP contribution in [0.3, 0.4) is 0 Å². The summed E-state index contributed by atoms with van der Waals surface area (Å²) in [6.45, 7) is 2.30. The van der Waals surface area contributed by atoms with E-state index in [-0.39, 0.29) is 5.92 Å². The normalized spacial score (nSPS) is 19.5. The van der Waals surface area contributed by atoms with E-state index in [4.69, 9.17) is 41.5 Å². The lowest BCUT2D eigenvalue weighted by Crippen LogP contribution is -2.46. The van der Waals surface area contributed by atoms with E-state index in [9.17, 15) is 4.79 Å². The van der Waals surface area contributed by atoms with Crippen molar-refractivity contribution in [1.82, 2.24) is 0 Å². The van der Waals surface area contributed by atoms with Gasteiger partial charge in [0, 0.05) is 0 Å². The molecule has 9 N–H and O–H groups in total. The number of aliphatic hydroxyl groups is 6. The zero-order chi connectivity index (χ0) is 17.2. The first-order valence-corrected chi connectivity index (χ1v) is 6.56. The number of nitrogens with two attached hydrogens (primary N) is 1. The van der Waals surface area contributed by atoms with Gasteiger partial charge in [-0.3, -0.25) is 4.79 Å². The molecule has 0 spiro atoms. The van der Waals surface area contributed by atoms with Crippen molar-refractivity contribution in [2.24, 2.45) is 11.7 Å². The molecule has 0 aliphatic heterocycles. The highest BCUT2D eigenvalue weighted by Crippen LogP contribution is 2.04. The summed E-state index contributed by atoms with van der Waals surface area (Å²) in [6.07, 6.45) is -5.58. The molecule has 0 aliphatic carbocycles. The molecule has 0 rings (SSSR count). The maximum Gasteiger partial charge on any atom is 0.320 e. The molecule has 21 heavy (non-hydrogen) atoms. The van der Waals surface area contributed by atoms with E-state index in [1.165, 1.54) is 0 Å². The number of carboxylic acid groups (broad SMARTS) is 1. The summed E-state index contributed by atoms with van der Waals surface area (Å²) >= 11 is 0. The average Bonchev–Trinajstić information content (AvgIpc) is 2.50. The van der Waals surface area contributed by atoms with Crippen LogP contribution in [0, 0.1) is 5.92 Å². The van der Waals surface area contributed by atoms with Gasteiger partial charge in [-0.05, 0) is 5.92 Å². The van der Waals surface area contributed by atoms with E-state index >= 15 is 0 Å². The Labute approximate surface area is 123 Å². The van der Waals surface area contributed by atoms with Crippen LogP contribution in [-0.2, 0) is 4.79 Å². The number of aliphatic hydroxyl groups excluding tert-OH is 6. The van der Waals surface area contributed by atoms with E-state index in [0.717, 1.165) is 6.42 Å². The van der Waals surface area contributed by atoms with E-state index in [2.05, 4.69) is 0 Å². The molecule has 9 heteroatoms. The second kappa shape index (κ2) is 11.8. The Hall–Kier alpha value is -0.810. The van der Waals surface area contributed by atoms with Crippen LogP contribution < -0.4 is 5.73 Å². The van der Waals surface area contributed by atoms with Gasteiger partial charge >= 0.3 is 5.97 Å². The molecule has 0 aliphatic rings. The number of hydrogen-bond acceptors (Lipinski definition) is 8. The zero-order valence-electron chi connectivity index (χ0n) is 12.2. The molecular weight excluding hydrogens is 286 g/mol. The van der Waals surface area contributed by atoms with Crippen LogP contribution in [0.25, 0.3) is 0 Å². The van der Waals surface area contributed by atoms with Gasteiger partial charge in [0.2, 0.25) is 0 Å². The fourth-order valence-corrected chi connectivity index (χ4v) is 1.17. The average molecular weight is 313 g/mol. The Bertz CT molecular complexity index is 264. The standard InChI is InChI=1S/C6H13NO2.C6H14O6/c1-3-4(2)5(7)6(8)9;7-1-3(9)5(11)6(12)4(10)2-8/h4-5H,3,7H2,1-2H3,(H,8,9);3-12H,1-2H2/t4-,5-;3-,4-,5-,6-/m01/s1. The predicted molar refractivity (Wildman–Crippen MR) is 73.3 cm³/mol. The van der Waals surface area contributed by atoms with Crippen molar-refractivity contribution >= 4 is 5.97 Å². The number of rotatable bonds is 8. The Balaban J connectivity index is 0. The summed E-state index contributed by atoms with van der Waals surface area (Å²) in [6, 6.07) is -0.699. The molecule has 0 saturated heterocycles. The molecule has 0 aromatic heterocycles. The summed E-state index contributed by atoms with van der Waals surface area (Å²) < 4.78 is 0. The molecule has 0 saturated carbocycles. The molecule has 0 fully saturated rings. The fourth-order valence-electron chi connectivity index (χ4n) is 1.17. The first-order valence-electron chi connectivity index (χ1n) is 6.56. The van der Waals surface area contributed by atoms with Crippen LogP contribution in [-0.4, -0.2) is 85.4 Å². The third-order valence-electron chi connectivity index (χ3n) is 3.05. The molecule has 0 radical (unpaired) electrons. The largest absolute Gasteiger partial charge is 0.480 e. The van der Waals surface area contributed by atoms with Crippen molar-refractivity contribution in [1.29, 1.82) is 0 Å². The Morgan fingerprint density at radius 1 is 1.00 bits per heavy atom. The monoisotopic (exact) mass is 313 g/mol. The minimum Gasteiger partial charge on any atom is -0.480 e. The van der Waals surface area contributed by atoms with Crippen molar-refractivity contribution in [3.8, 4) is 0 Å². The molecule has 6 atom stereocenters. The summed E-state index contributed by atoms with van der Waals surface area (Å²) in [5.74, 6) is -0.841. The van der Waals surface area contributed by atoms with Crippen molar-refractivity contribution < 1.29 is 40.5 Å². The van der Waals surface area contributed by atoms with Crippen LogP contribution in [0.5, 0.6) is 0 Å². The molecule has 0 aromatic carbocycles. The number of carbonyl (C=O) groups is 1. The SMILES string of the molecule is CC[C@H](C)[C@H](N)C(=O)O.OC[C@@H](O)[C@@H](O)[C@H](O)[C@H](O)CO. The van der Waals surface area contributed by atoms with E-state index in [1.807, 2.05) is 13.8 Å². The topological polar surface area (TPSA) is 185 Å². The van der Waals surface area contributed by atoms with Gasteiger partial charge in [-0.2, -0.15) is 0 Å². The van der Waals surface area contributed by atoms with E-state index < -0.39 is 49.6 Å². The number of carboxylic acids is 1. The molecule has 0 heterocycles. The molecule has 0 aromatic rings. The molecule has 0 bridgehead atoms. The van der Waals surface area contributed by atoms with Gasteiger partial charge in [-0.15, -0.1) is 0 Å². The highest BCUT2D eigenvalue weighted by atomic mass is 16.4. The minimum atomic E-state index is -1.67. The maximum atomic E-state index is 10.2. The van der Waals surface area contributed by atoms with Crippen LogP contribution in [0.1, 0.15) is 20.3 Å². The Kier molecular flexibility index (Phi) is 12.6. The third-order valence-corrected chi connectivity index (χ3v) is 3.05. The van der Waals surface area contributed by atoms with Crippen molar-refractivity contribution in [2.75, 3.05) is 13.2 Å². The van der Waals surface area contributed by atoms with Crippen molar-refractivity contribution in [3.05, 3.63) is 0 Å². The third kappa shape index (κ3) is 8.94. The Morgan fingerprint density at radius 2 is 1.33 bits per heavy atom. The number of aliphatic carboxylic acids is 1. The van der Waals surface area contributed by atoms with Crippen molar-refractivity contribution in [3.63, 3.8) is 0 Å². The maximum absolute atomic E-state index is 10.2. The molecule has 9 nitrogen and oxygen atoms in total. The molecule has 0 amide bonds. The minimum absolute atomic E-state index is 0.0718. The summed E-state index contributed by atoms with van der Waals surface area (Å²) in [5, 5.41) is 60.5. The van der Waals surface area contributed by atoms with Gasteiger partial charge in [0.25, 0.3) is 0 Å². The van der Waals surface area contributed by atoms with Crippen LogP contribution >= 0.6 is 0 Å². The molecule has 128 valence electrons. The van der Waals surface area contributed by atoms with Crippen molar-refractivity contribution in [2.45, 2.75) is 50.7 Å². The van der Waals surface area contributed by atoms with Crippen LogP contribution in [0.4, 0.5) is 0 Å². The zero-order valence-corrected chi connectivity index (χ0v) is 12.2. The smallest absolute Gasteiger partial charge is 0.320 e. The van der Waals surface area contributed by atoms with Gasteiger partial charge in [-0.1, -0.05) is 20.3 Å². The van der Waals surface area contributed by atoms with Crippen LogP contribution in [0.2, 0.25) is 0 Å². The lowest BCUT2D eigenvalue weighted by molar-refractivity contribution is -0.139. The van der Waals surface area contributed by atoms with Gasteiger partial charge in [-0.25, -0.2) is 0 Å². The second-order valence-electron chi connectivity index (χ2n) is 4.73. The van der Waals surface area contributed by atoms with E-state index in [1.54, 1.807) is 0 Å². The quantitative estimate of drug-likeness (QED) is 0.229. The first-order chi connectivity index (χ1) is 9.63. The predicted octanol–water partition coefficient (Wildman–Crippen LogP) is -3.14. The highest BCUT2D eigenvalue weighted by molar-refractivity contribution is 5.73. The van der Waals surface area contributed by atoms with Gasteiger partial charge in [0.15, 0.2) is 0 Å². The number of hydrogen-bond donors (Lipinski definition) is 8. The molecular formula is C12H27NO8. The Morgan fingerprint density at radius 3 is 1.48 bits per heavy atom. The van der Waals surface area contributed by atoms with E-state index in [0.29, 0.717) is 0 Å². The molecule has 0 unspecified atom stereocenters. The lowest BCUT2D eigenvalue weighted by atomic mass is 10.0. The lowest BCUT2D eigenvalue weighted by Gasteiger charge is -2.24. The van der Waals surface area contributed by atoms with Gasteiger partial charge < -0.3 is 41.5 Å². The first kappa shape index (κ1) is 22.5. The van der Waals surface area contributed by atoms with Gasteiger partial charge in [0.1, 0.15) is 30.5 Å². The summed E-state index contributed by atoms with van der Waals surface area (Å²) in [5.41, 5.74) is 5.27. The van der Waals surface area contributed by atoms with Gasteiger partial charge in [0.05, 0.1) is 13.2 Å².